The van der Waals surface area contributed by atoms with Crippen LogP contribution in [0.2, 0.25) is 15.1 Å². The van der Waals surface area contributed by atoms with Crippen molar-refractivity contribution in [3.05, 3.63) is 97.4 Å². The summed E-state index contributed by atoms with van der Waals surface area (Å²) in [6.45, 7) is 0.567. The summed E-state index contributed by atoms with van der Waals surface area (Å²) in [6.07, 6.45) is 1.74. The van der Waals surface area contributed by atoms with Gasteiger partial charge in [-0.05, 0) is 48.0 Å². The predicted molar refractivity (Wildman–Crippen MR) is 128 cm³/mol. The van der Waals surface area contributed by atoms with Crippen LogP contribution < -0.4 is 10.1 Å². The molecule has 4 rings (SSSR count). The second-order valence-electron chi connectivity index (χ2n) is 6.72. The van der Waals surface area contributed by atoms with Crippen molar-refractivity contribution in [2.75, 3.05) is 5.32 Å². The number of carbonyl (C=O) groups excluding carboxylic acids is 1. The van der Waals surface area contributed by atoms with E-state index in [0.717, 1.165) is 10.0 Å². The van der Waals surface area contributed by atoms with Crippen LogP contribution in [0.5, 0.6) is 5.75 Å². The van der Waals surface area contributed by atoms with E-state index < -0.39 is 5.91 Å². The Labute approximate surface area is 207 Å². The Morgan fingerprint density at radius 3 is 2.69 bits per heavy atom. The molecule has 2 aromatic heterocycles. The van der Waals surface area contributed by atoms with Gasteiger partial charge < -0.3 is 14.5 Å². The number of furan rings is 1. The molecule has 4 aromatic rings. The van der Waals surface area contributed by atoms with Gasteiger partial charge >= 0.3 is 0 Å². The van der Waals surface area contributed by atoms with Gasteiger partial charge in [-0.25, -0.2) is 0 Å². The lowest BCUT2D eigenvalue weighted by molar-refractivity contribution is 0.0992. The van der Waals surface area contributed by atoms with Crippen LogP contribution in [-0.4, -0.2) is 15.7 Å². The Balaban J connectivity index is 1.35. The van der Waals surface area contributed by atoms with E-state index in [4.69, 9.17) is 44.0 Å². The highest BCUT2D eigenvalue weighted by atomic mass is 79.9. The summed E-state index contributed by atoms with van der Waals surface area (Å²) in [7, 11) is 0. The van der Waals surface area contributed by atoms with Crippen molar-refractivity contribution in [1.82, 2.24) is 9.78 Å². The van der Waals surface area contributed by atoms with Crippen LogP contribution in [0.25, 0.3) is 0 Å². The van der Waals surface area contributed by atoms with E-state index in [1.165, 1.54) is 0 Å². The van der Waals surface area contributed by atoms with Crippen molar-refractivity contribution in [3.8, 4) is 5.75 Å². The van der Waals surface area contributed by atoms with Gasteiger partial charge in [0.25, 0.3) is 5.91 Å². The van der Waals surface area contributed by atoms with Crippen LogP contribution in [0, 0.1) is 0 Å². The van der Waals surface area contributed by atoms with Crippen LogP contribution in [-0.2, 0) is 13.2 Å². The molecule has 0 spiro atoms. The summed E-state index contributed by atoms with van der Waals surface area (Å²) in [5.41, 5.74) is 0.860. The fourth-order valence-electron chi connectivity index (χ4n) is 2.84. The highest BCUT2D eigenvalue weighted by Gasteiger charge is 2.14. The van der Waals surface area contributed by atoms with Crippen LogP contribution in [0.3, 0.4) is 0 Å². The summed E-state index contributed by atoms with van der Waals surface area (Å²) in [4.78, 5) is 12.5. The first-order valence-electron chi connectivity index (χ1n) is 9.33. The van der Waals surface area contributed by atoms with Gasteiger partial charge in [0.1, 0.15) is 18.1 Å². The molecule has 0 bridgehead atoms. The number of carbonyl (C=O) groups is 1. The number of aromatic nitrogens is 2. The molecule has 6 nitrogen and oxygen atoms in total. The van der Waals surface area contributed by atoms with Gasteiger partial charge in [-0.15, -0.1) is 0 Å². The van der Waals surface area contributed by atoms with Crippen LogP contribution in [0.4, 0.5) is 5.82 Å². The summed E-state index contributed by atoms with van der Waals surface area (Å²) in [5.74, 6) is 1.10. The van der Waals surface area contributed by atoms with E-state index in [1.54, 1.807) is 53.3 Å². The maximum Gasteiger partial charge on any atom is 0.292 e. The molecule has 0 saturated carbocycles. The number of nitrogens with zero attached hydrogens (tertiary/aromatic N) is 2. The zero-order chi connectivity index (χ0) is 22.7. The Bertz CT molecular complexity index is 1270. The monoisotopic (exact) mass is 553 g/mol. The first kappa shape index (κ1) is 22.7. The van der Waals surface area contributed by atoms with Crippen molar-refractivity contribution < 1.29 is 13.9 Å². The minimum atomic E-state index is -0.423. The number of nitrogens with one attached hydrogen (secondary N) is 1. The Morgan fingerprint density at radius 2 is 1.91 bits per heavy atom. The van der Waals surface area contributed by atoms with Crippen molar-refractivity contribution in [2.45, 2.75) is 13.2 Å². The summed E-state index contributed by atoms with van der Waals surface area (Å²) >= 11 is 21.6. The average Bonchev–Trinajstić information content (AvgIpc) is 3.39. The largest absolute Gasteiger partial charge is 0.484 e. The van der Waals surface area contributed by atoms with Crippen LogP contribution >= 0.6 is 50.7 Å². The average molecular weight is 556 g/mol. The van der Waals surface area contributed by atoms with Crippen molar-refractivity contribution in [1.29, 1.82) is 0 Å². The van der Waals surface area contributed by atoms with E-state index >= 15 is 0 Å². The number of rotatable bonds is 7. The van der Waals surface area contributed by atoms with E-state index in [-0.39, 0.29) is 12.4 Å². The maximum atomic E-state index is 12.5. The molecule has 2 heterocycles. The number of benzene rings is 2. The number of hydrogen-bond donors (Lipinski definition) is 1. The molecule has 0 aliphatic heterocycles. The zero-order valence-electron chi connectivity index (χ0n) is 16.3. The summed E-state index contributed by atoms with van der Waals surface area (Å²) in [5, 5.41) is 8.63. The quantitative estimate of drug-likeness (QED) is 0.265. The Hall–Kier alpha value is -2.45. The van der Waals surface area contributed by atoms with E-state index in [1.807, 2.05) is 12.1 Å². The predicted octanol–water partition coefficient (Wildman–Crippen LogP) is 7.08. The van der Waals surface area contributed by atoms with Crippen LogP contribution in [0.15, 0.2) is 69.7 Å². The lowest BCUT2D eigenvalue weighted by Crippen LogP contribution is -2.12. The number of hydrogen-bond acceptors (Lipinski definition) is 4. The lowest BCUT2D eigenvalue weighted by Gasteiger charge is -2.06. The third-order valence-corrected chi connectivity index (χ3v) is 5.75. The molecular weight excluding hydrogens is 541 g/mol. The first-order chi connectivity index (χ1) is 15.4. The van der Waals surface area contributed by atoms with Crippen LogP contribution in [0.1, 0.15) is 21.9 Å². The molecule has 32 heavy (non-hydrogen) atoms. The lowest BCUT2D eigenvalue weighted by atomic mass is 10.2. The maximum absolute atomic E-state index is 12.5. The Kier molecular flexibility index (Phi) is 7.10. The molecule has 164 valence electrons. The molecule has 0 aliphatic carbocycles. The van der Waals surface area contributed by atoms with E-state index in [0.29, 0.717) is 38.9 Å². The highest BCUT2D eigenvalue weighted by molar-refractivity contribution is 9.10. The van der Waals surface area contributed by atoms with Gasteiger partial charge in [0.2, 0.25) is 0 Å². The van der Waals surface area contributed by atoms with Crippen molar-refractivity contribution in [2.24, 2.45) is 0 Å². The minimum absolute atomic E-state index is 0.130. The normalized spacial score (nSPS) is 10.9. The van der Waals surface area contributed by atoms with Gasteiger partial charge in [0.15, 0.2) is 11.6 Å². The molecular formula is C22H15BrCl3N3O3. The van der Waals surface area contributed by atoms with E-state index in [2.05, 4.69) is 26.3 Å². The van der Waals surface area contributed by atoms with Gasteiger partial charge in [0.05, 0.1) is 11.6 Å². The molecule has 10 heteroatoms. The van der Waals surface area contributed by atoms with Gasteiger partial charge in [-0.2, -0.15) is 5.10 Å². The highest BCUT2D eigenvalue weighted by Crippen LogP contribution is 2.28. The second kappa shape index (κ2) is 10.0. The standard InChI is InChI=1S/C22H15BrCl3N3O3/c23-14-2-5-19(18(26)9-14)31-12-16-4-6-20(32-16)22(30)27-21-7-8-29(28-21)11-13-1-3-15(24)10-17(13)25/h1-10H,11-12H2,(H,27,28,30). The smallest absolute Gasteiger partial charge is 0.292 e. The second-order valence-corrected chi connectivity index (χ2v) is 8.88. The first-order valence-corrected chi connectivity index (χ1v) is 11.3. The number of anilines is 1. The molecule has 0 radical (unpaired) electrons. The van der Waals surface area contributed by atoms with E-state index in [9.17, 15) is 4.79 Å². The van der Waals surface area contributed by atoms with Gasteiger partial charge in [0, 0.05) is 26.8 Å². The SMILES string of the molecule is O=C(Nc1ccn(Cc2ccc(Cl)cc2Cl)n1)c1ccc(COc2ccc(Br)cc2Cl)o1. The third kappa shape index (κ3) is 5.66. The molecule has 2 aromatic carbocycles. The Morgan fingerprint density at radius 1 is 1.06 bits per heavy atom. The molecule has 0 unspecified atom stereocenters. The minimum Gasteiger partial charge on any atom is -0.484 e. The van der Waals surface area contributed by atoms with Crippen molar-refractivity contribution >= 4 is 62.5 Å². The third-order valence-electron chi connectivity index (χ3n) is 4.38. The zero-order valence-corrected chi connectivity index (χ0v) is 20.2. The summed E-state index contributed by atoms with van der Waals surface area (Å²) < 4.78 is 13.7. The van der Waals surface area contributed by atoms with Gasteiger partial charge in [-0.3, -0.25) is 9.48 Å². The molecule has 0 saturated heterocycles. The fraction of sp³-hybridized carbons (Fsp3) is 0.0909. The summed E-state index contributed by atoms with van der Waals surface area (Å²) in [6, 6.07) is 15.5. The fourth-order valence-corrected chi connectivity index (χ4v) is 4.03. The van der Waals surface area contributed by atoms with Gasteiger partial charge in [-0.1, -0.05) is 56.8 Å². The molecule has 0 aliphatic rings. The molecule has 0 atom stereocenters. The van der Waals surface area contributed by atoms with Crippen molar-refractivity contribution in [3.63, 3.8) is 0 Å². The number of amides is 1. The topological polar surface area (TPSA) is 69.3 Å². The molecule has 0 fully saturated rings. The number of ether oxygens (including phenoxy) is 1. The number of halogens is 4. The molecule has 1 amide bonds. The molecule has 1 N–H and O–H groups in total.